The fourth-order valence-electron chi connectivity index (χ4n) is 4.93. The van der Waals surface area contributed by atoms with E-state index in [1.165, 1.54) is 29.6 Å². The Labute approximate surface area is 240 Å². The van der Waals surface area contributed by atoms with Crippen LogP contribution < -0.4 is 15.8 Å². The van der Waals surface area contributed by atoms with Crippen molar-refractivity contribution in [2.24, 2.45) is 5.92 Å². The maximum atomic E-state index is 14.9. The number of halogens is 2. The summed E-state index contributed by atoms with van der Waals surface area (Å²) in [6.45, 7) is 5.16. The number of hydrogen-bond donors (Lipinski definition) is 2. The minimum Gasteiger partial charge on any atom is -0.486 e. The molecule has 5 rings (SSSR count). The summed E-state index contributed by atoms with van der Waals surface area (Å²) >= 11 is 0. The third-order valence-electron chi connectivity index (χ3n) is 7.33. The molecule has 216 valence electrons. The molecule has 1 saturated heterocycles. The van der Waals surface area contributed by atoms with Gasteiger partial charge in [0.25, 0.3) is 5.91 Å². The minimum absolute atomic E-state index is 0.0310. The lowest BCUT2D eigenvalue weighted by Crippen LogP contribution is -2.36. The maximum absolute atomic E-state index is 14.9. The first-order valence-electron chi connectivity index (χ1n) is 13.3. The third-order valence-corrected chi connectivity index (χ3v) is 7.33. The van der Waals surface area contributed by atoms with Gasteiger partial charge in [-0.1, -0.05) is 12.6 Å². The van der Waals surface area contributed by atoms with Gasteiger partial charge in [-0.15, -0.1) is 5.06 Å². The van der Waals surface area contributed by atoms with E-state index in [4.69, 9.17) is 15.3 Å². The summed E-state index contributed by atoms with van der Waals surface area (Å²) < 4.78 is 35.6. The zero-order chi connectivity index (χ0) is 30.0. The molecular weight excluding hydrogens is 546 g/mol. The first kappa shape index (κ1) is 28.6. The summed E-state index contributed by atoms with van der Waals surface area (Å²) in [6, 6.07) is 8.54. The maximum Gasteiger partial charge on any atom is 0.349 e. The van der Waals surface area contributed by atoms with Crippen LogP contribution in [0.15, 0.2) is 49.3 Å². The molecule has 2 atom stereocenters. The summed E-state index contributed by atoms with van der Waals surface area (Å²) in [6.07, 6.45) is 4.56. The van der Waals surface area contributed by atoms with Gasteiger partial charge in [-0.2, -0.15) is 5.26 Å². The smallest absolute Gasteiger partial charge is 0.349 e. The van der Waals surface area contributed by atoms with Crippen molar-refractivity contribution in [3.05, 3.63) is 77.6 Å². The molecule has 1 aliphatic carbocycles. The quantitative estimate of drug-likeness (QED) is 0.348. The Bertz CT molecular complexity index is 1600. The van der Waals surface area contributed by atoms with Crippen LogP contribution in [0.3, 0.4) is 0 Å². The summed E-state index contributed by atoms with van der Waals surface area (Å²) in [5.41, 5.74) is 7.77. The van der Waals surface area contributed by atoms with Gasteiger partial charge in [-0.05, 0) is 67.5 Å². The number of nitrogens with zero attached hydrogens (tertiary/aromatic N) is 4. The lowest BCUT2D eigenvalue weighted by molar-refractivity contribution is -0.190. The predicted molar refractivity (Wildman–Crippen MR) is 149 cm³/mol. The number of hydroxylamine groups is 2. The first-order valence-corrected chi connectivity index (χ1v) is 13.3. The van der Waals surface area contributed by atoms with Gasteiger partial charge in [-0.3, -0.25) is 4.79 Å². The normalized spacial score (nSPS) is 18.2. The Morgan fingerprint density at radius 2 is 2.05 bits per heavy atom. The van der Waals surface area contributed by atoms with E-state index in [-0.39, 0.29) is 47.2 Å². The highest BCUT2D eigenvalue weighted by molar-refractivity contribution is 6.05. The van der Waals surface area contributed by atoms with Crippen LogP contribution in [-0.2, 0) is 9.63 Å². The Balaban J connectivity index is 1.40. The van der Waals surface area contributed by atoms with Crippen molar-refractivity contribution in [3.63, 3.8) is 0 Å². The second kappa shape index (κ2) is 11.9. The average Bonchev–Trinajstić information content (AvgIpc) is 3.75. The topological polar surface area (TPSA) is 143 Å². The molecule has 0 unspecified atom stereocenters. The van der Waals surface area contributed by atoms with E-state index in [0.717, 1.165) is 30.5 Å². The number of carbonyl (C=O) groups excluding carboxylic acids is 2. The molecule has 2 heterocycles. The standard InChI is InChI=1S/C30H28F2N6O4/c1-3-26(39)42-38-13-17(12-33)8-21(38)14-41-28-27(35-15-36-29(28)34)23-10-20(31)11-25(16(23)2)37-30(40)22-7-6-19(9-24(22)32)18-4-5-18/h3,6-7,9-11,15,17-18,21H,1,4-5,8,13-14H2,2H3,(H,37,40)(H2,34,35,36)/t17-,21-/m0/s1. The van der Waals surface area contributed by atoms with Crippen LogP contribution in [0.5, 0.6) is 5.75 Å². The van der Waals surface area contributed by atoms with E-state index in [2.05, 4.69) is 27.9 Å². The van der Waals surface area contributed by atoms with Gasteiger partial charge >= 0.3 is 5.97 Å². The Kier molecular flexibility index (Phi) is 8.13. The van der Waals surface area contributed by atoms with Gasteiger partial charge in [0.05, 0.1) is 30.1 Å². The summed E-state index contributed by atoms with van der Waals surface area (Å²) in [5, 5.41) is 13.3. The molecule has 10 nitrogen and oxygen atoms in total. The molecule has 3 aromatic rings. The highest BCUT2D eigenvalue weighted by Crippen LogP contribution is 2.41. The van der Waals surface area contributed by atoms with Gasteiger partial charge in [0.1, 0.15) is 30.3 Å². The van der Waals surface area contributed by atoms with Crippen molar-refractivity contribution < 1.29 is 27.9 Å². The molecule has 0 spiro atoms. The predicted octanol–water partition coefficient (Wildman–Crippen LogP) is 4.68. The molecule has 1 aliphatic heterocycles. The molecule has 0 radical (unpaired) electrons. The van der Waals surface area contributed by atoms with Crippen molar-refractivity contribution in [3.8, 4) is 23.1 Å². The molecule has 1 amide bonds. The minimum atomic E-state index is -0.726. The largest absolute Gasteiger partial charge is 0.486 e. The summed E-state index contributed by atoms with van der Waals surface area (Å²) in [7, 11) is 0. The molecular formula is C30H28F2N6O4. The zero-order valence-electron chi connectivity index (χ0n) is 22.8. The Hall–Kier alpha value is -4.89. The average molecular weight is 575 g/mol. The molecule has 2 aliphatic rings. The number of benzene rings is 2. The molecule has 1 aromatic heterocycles. The van der Waals surface area contributed by atoms with Crippen LogP contribution in [0, 0.1) is 35.8 Å². The van der Waals surface area contributed by atoms with E-state index in [0.29, 0.717) is 17.9 Å². The zero-order valence-corrected chi connectivity index (χ0v) is 22.8. The van der Waals surface area contributed by atoms with E-state index in [9.17, 15) is 23.6 Å². The lowest BCUT2D eigenvalue weighted by Gasteiger charge is -2.23. The van der Waals surface area contributed by atoms with Crippen molar-refractivity contribution in [2.75, 3.05) is 24.2 Å². The monoisotopic (exact) mass is 574 g/mol. The van der Waals surface area contributed by atoms with Crippen molar-refractivity contribution in [1.29, 1.82) is 5.26 Å². The van der Waals surface area contributed by atoms with Crippen molar-refractivity contribution >= 4 is 23.4 Å². The fraction of sp³-hybridized carbons (Fsp3) is 0.300. The first-order chi connectivity index (χ1) is 20.2. The number of aromatic nitrogens is 2. The molecule has 2 aromatic carbocycles. The fourth-order valence-corrected chi connectivity index (χ4v) is 4.93. The third kappa shape index (κ3) is 6.06. The van der Waals surface area contributed by atoms with Crippen LogP contribution in [0.25, 0.3) is 11.3 Å². The number of nitriles is 1. The lowest BCUT2D eigenvalue weighted by atomic mass is 10.0. The van der Waals surface area contributed by atoms with Crippen molar-refractivity contribution in [1.82, 2.24) is 15.0 Å². The number of nitrogen functional groups attached to an aromatic ring is 1. The second-order valence-electron chi connectivity index (χ2n) is 10.3. The number of carbonyl (C=O) groups is 2. The van der Waals surface area contributed by atoms with Gasteiger partial charge in [0.2, 0.25) is 0 Å². The SMILES string of the molecule is C=CC(=O)ON1C[C@H](C#N)C[C@H]1COc1c(N)ncnc1-c1cc(F)cc(NC(=O)c2ccc(C3CC3)cc2F)c1C. The molecule has 3 N–H and O–H groups in total. The number of anilines is 2. The number of nitrogens with two attached hydrogens (primary N) is 1. The second-order valence-corrected chi connectivity index (χ2v) is 10.3. The Morgan fingerprint density at radius 3 is 2.74 bits per heavy atom. The van der Waals surface area contributed by atoms with Crippen LogP contribution >= 0.6 is 0 Å². The van der Waals surface area contributed by atoms with Gasteiger partial charge < -0.3 is 20.6 Å². The van der Waals surface area contributed by atoms with E-state index in [1.54, 1.807) is 13.0 Å². The molecule has 0 bridgehead atoms. The molecule has 42 heavy (non-hydrogen) atoms. The van der Waals surface area contributed by atoms with Crippen LogP contribution in [0.4, 0.5) is 20.3 Å². The molecule has 1 saturated carbocycles. The number of amides is 1. The Morgan fingerprint density at radius 1 is 1.26 bits per heavy atom. The van der Waals surface area contributed by atoms with Crippen LogP contribution in [0.2, 0.25) is 0 Å². The van der Waals surface area contributed by atoms with Crippen molar-refractivity contribution in [2.45, 2.75) is 38.1 Å². The highest BCUT2D eigenvalue weighted by atomic mass is 19.1. The van der Waals surface area contributed by atoms with Gasteiger partial charge in [0, 0.05) is 17.3 Å². The van der Waals surface area contributed by atoms with E-state index in [1.807, 2.05) is 0 Å². The number of rotatable bonds is 9. The number of nitrogens with one attached hydrogen (secondary N) is 1. The highest BCUT2D eigenvalue weighted by Gasteiger charge is 2.36. The summed E-state index contributed by atoms with van der Waals surface area (Å²) in [4.78, 5) is 38.3. The van der Waals surface area contributed by atoms with Gasteiger partial charge in [-0.25, -0.2) is 23.5 Å². The molecule has 2 fully saturated rings. The van der Waals surface area contributed by atoms with Crippen LogP contribution in [0.1, 0.15) is 46.7 Å². The number of ether oxygens (including phenoxy) is 1. The molecule has 12 heteroatoms. The van der Waals surface area contributed by atoms with E-state index < -0.39 is 35.5 Å². The van der Waals surface area contributed by atoms with Crippen LogP contribution in [-0.4, -0.2) is 46.1 Å². The summed E-state index contributed by atoms with van der Waals surface area (Å²) in [5.74, 6) is -2.80. The van der Waals surface area contributed by atoms with Gasteiger partial charge in [0.15, 0.2) is 11.6 Å². The van der Waals surface area contributed by atoms with E-state index >= 15 is 0 Å². The number of hydrogen-bond acceptors (Lipinski definition) is 9.